The van der Waals surface area contributed by atoms with Gasteiger partial charge in [0.2, 0.25) is 0 Å². The Labute approximate surface area is 136 Å². The number of hydrogen-bond donors (Lipinski definition) is 1. The van der Waals surface area contributed by atoms with Crippen LogP contribution in [0.5, 0.6) is 0 Å². The molecule has 130 valence electrons. The second kappa shape index (κ2) is 15.1. The summed E-state index contributed by atoms with van der Waals surface area (Å²) < 4.78 is 0. The molecule has 0 aromatic carbocycles. The molecule has 0 aliphatic heterocycles. The second-order valence-electron chi connectivity index (χ2n) is 6.62. The third kappa shape index (κ3) is 14.1. The topological polar surface area (TPSA) is 54.4 Å². The fourth-order valence-corrected chi connectivity index (χ4v) is 2.89. The van der Waals surface area contributed by atoms with Crippen molar-refractivity contribution in [3.63, 3.8) is 0 Å². The Morgan fingerprint density at radius 1 is 0.773 bits per heavy atom. The summed E-state index contributed by atoms with van der Waals surface area (Å²) in [5, 5.41) is 9.05. The van der Waals surface area contributed by atoms with Crippen LogP contribution in [0.15, 0.2) is 0 Å². The van der Waals surface area contributed by atoms with Crippen molar-refractivity contribution in [2.45, 2.75) is 104 Å². The molecule has 0 bridgehead atoms. The average molecular weight is 312 g/mol. The first-order valence-corrected chi connectivity index (χ1v) is 9.30. The third-order valence-electron chi connectivity index (χ3n) is 4.29. The van der Waals surface area contributed by atoms with Crippen molar-refractivity contribution < 1.29 is 14.7 Å². The smallest absolute Gasteiger partial charge is 0.306 e. The number of Topliss-reactive ketones (excluding diaryl/α,β-unsaturated/α-hetero) is 1. The largest absolute Gasteiger partial charge is 0.481 e. The molecule has 0 amide bonds. The second-order valence-corrected chi connectivity index (χ2v) is 6.62. The molecule has 0 aromatic rings. The Morgan fingerprint density at radius 3 is 1.55 bits per heavy atom. The summed E-state index contributed by atoms with van der Waals surface area (Å²) in [6.07, 6.45) is 16.2. The number of carbonyl (C=O) groups excluding carboxylic acids is 1. The predicted molar refractivity (Wildman–Crippen MR) is 92.1 cm³/mol. The van der Waals surface area contributed by atoms with E-state index in [9.17, 15) is 9.59 Å². The zero-order valence-corrected chi connectivity index (χ0v) is 14.7. The lowest BCUT2D eigenvalue weighted by atomic mass is 9.95. The van der Waals surface area contributed by atoms with E-state index in [0.29, 0.717) is 6.42 Å². The number of carboxylic acids is 1. The highest BCUT2D eigenvalue weighted by Gasteiger charge is 2.18. The van der Waals surface area contributed by atoms with E-state index in [-0.39, 0.29) is 12.2 Å². The minimum absolute atomic E-state index is 0.0219. The van der Waals surface area contributed by atoms with E-state index < -0.39 is 11.9 Å². The highest BCUT2D eigenvalue weighted by Crippen LogP contribution is 2.17. The minimum Gasteiger partial charge on any atom is -0.481 e. The first kappa shape index (κ1) is 21.1. The number of hydrogen-bond acceptors (Lipinski definition) is 2. The normalized spacial score (nSPS) is 12.3. The summed E-state index contributed by atoms with van der Waals surface area (Å²) in [5.41, 5.74) is 0. The number of aliphatic carboxylic acids is 1. The molecular weight excluding hydrogens is 276 g/mol. The standard InChI is InChI=1S/C19H36O3/c1-3-4-5-6-7-8-9-10-11-12-13-14-15-18(19(21)22)16-17(2)20/h18H,3-16H2,1-2H3,(H,21,22). The Balaban J connectivity index is 3.35. The van der Waals surface area contributed by atoms with Crippen LogP contribution in [0.25, 0.3) is 0 Å². The van der Waals surface area contributed by atoms with Crippen molar-refractivity contribution in [2.24, 2.45) is 5.92 Å². The minimum atomic E-state index is -0.821. The quantitative estimate of drug-likeness (QED) is 0.369. The fourth-order valence-electron chi connectivity index (χ4n) is 2.89. The van der Waals surface area contributed by atoms with Gasteiger partial charge in [-0.25, -0.2) is 0 Å². The summed E-state index contributed by atoms with van der Waals surface area (Å²) in [4.78, 5) is 22.0. The van der Waals surface area contributed by atoms with Gasteiger partial charge in [0.05, 0.1) is 5.92 Å². The van der Waals surface area contributed by atoms with Gasteiger partial charge in [-0.3, -0.25) is 4.79 Å². The van der Waals surface area contributed by atoms with Crippen molar-refractivity contribution in [3.8, 4) is 0 Å². The molecule has 0 radical (unpaired) electrons. The van der Waals surface area contributed by atoms with Crippen molar-refractivity contribution in [1.29, 1.82) is 0 Å². The summed E-state index contributed by atoms with van der Waals surface area (Å²) >= 11 is 0. The van der Waals surface area contributed by atoms with Crippen molar-refractivity contribution in [3.05, 3.63) is 0 Å². The molecule has 0 spiro atoms. The monoisotopic (exact) mass is 312 g/mol. The summed E-state index contributed by atoms with van der Waals surface area (Å²) in [6.45, 7) is 3.72. The molecule has 3 nitrogen and oxygen atoms in total. The molecule has 0 saturated carbocycles. The van der Waals surface area contributed by atoms with E-state index in [0.717, 1.165) is 12.8 Å². The van der Waals surface area contributed by atoms with Crippen LogP contribution in [0.4, 0.5) is 0 Å². The molecule has 0 saturated heterocycles. The first-order valence-electron chi connectivity index (χ1n) is 9.30. The van der Waals surface area contributed by atoms with E-state index in [1.165, 1.54) is 71.1 Å². The van der Waals surface area contributed by atoms with Crippen molar-refractivity contribution >= 4 is 11.8 Å². The average Bonchev–Trinajstić information content (AvgIpc) is 2.46. The molecule has 1 N–H and O–H groups in total. The van der Waals surface area contributed by atoms with Crippen molar-refractivity contribution in [1.82, 2.24) is 0 Å². The summed E-state index contributed by atoms with van der Waals surface area (Å²) in [6, 6.07) is 0. The van der Waals surface area contributed by atoms with Crippen LogP contribution in [0, 0.1) is 5.92 Å². The first-order chi connectivity index (χ1) is 10.6. The molecule has 22 heavy (non-hydrogen) atoms. The molecule has 0 aliphatic rings. The number of carboxylic acid groups (broad SMARTS) is 1. The van der Waals surface area contributed by atoms with Crippen LogP contribution < -0.4 is 0 Å². The third-order valence-corrected chi connectivity index (χ3v) is 4.29. The van der Waals surface area contributed by atoms with Gasteiger partial charge in [0.25, 0.3) is 0 Å². The molecule has 3 heteroatoms. The SMILES string of the molecule is CCCCCCCCCCCCCCC(CC(C)=O)C(=O)O. The van der Waals surface area contributed by atoms with Crippen LogP contribution in [-0.2, 0) is 9.59 Å². The molecule has 0 aliphatic carbocycles. The van der Waals surface area contributed by atoms with E-state index in [1.54, 1.807) is 0 Å². The highest BCUT2D eigenvalue weighted by atomic mass is 16.4. The van der Waals surface area contributed by atoms with Gasteiger partial charge in [0.15, 0.2) is 0 Å². The highest BCUT2D eigenvalue weighted by molar-refractivity contribution is 5.81. The van der Waals surface area contributed by atoms with E-state index in [4.69, 9.17) is 5.11 Å². The molecule has 0 rings (SSSR count). The maximum absolute atomic E-state index is 11.0. The Morgan fingerprint density at radius 2 is 1.18 bits per heavy atom. The van der Waals surface area contributed by atoms with Gasteiger partial charge in [-0.05, 0) is 13.3 Å². The van der Waals surface area contributed by atoms with E-state index in [2.05, 4.69) is 6.92 Å². The Kier molecular flexibility index (Phi) is 14.5. The van der Waals surface area contributed by atoms with Gasteiger partial charge in [-0.15, -0.1) is 0 Å². The van der Waals surface area contributed by atoms with Gasteiger partial charge in [0.1, 0.15) is 5.78 Å². The maximum atomic E-state index is 11.0. The number of carbonyl (C=O) groups is 2. The number of rotatable bonds is 16. The lowest BCUT2D eigenvalue weighted by Crippen LogP contribution is -2.16. The van der Waals surface area contributed by atoms with Crippen LogP contribution >= 0.6 is 0 Å². The van der Waals surface area contributed by atoms with Gasteiger partial charge in [-0.2, -0.15) is 0 Å². The summed E-state index contributed by atoms with van der Waals surface area (Å²) in [7, 11) is 0. The molecule has 1 atom stereocenters. The Hall–Kier alpha value is -0.860. The van der Waals surface area contributed by atoms with Gasteiger partial charge >= 0.3 is 5.97 Å². The molecule has 1 unspecified atom stereocenters. The number of unbranched alkanes of at least 4 members (excludes halogenated alkanes) is 11. The van der Waals surface area contributed by atoms with Crippen LogP contribution in [0.3, 0.4) is 0 Å². The van der Waals surface area contributed by atoms with Gasteiger partial charge in [0, 0.05) is 6.42 Å². The number of ketones is 1. The van der Waals surface area contributed by atoms with Crippen LogP contribution in [-0.4, -0.2) is 16.9 Å². The lowest BCUT2D eigenvalue weighted by molar-refractivity contribution is -0.143. The van der Waals surface area contributed by atoms with Crippen LogP contribution in [0.2, 0.25) is 0 Å². The lowest BCUT2D eigenvalue weighted by Gasteiger charge is -2.10. The van der Waals surface area contributed by atoms with Crippen molar-refractivity contribution in [2.75, 3.05) is 0 Å². The zero-order chi connectivity index (χ0) is 16.6. The zero-order valence-electron chi connectivity index (χ0n) is 14.7. The van der Waals surface area contributed by atoms with E-state index in [1.807, 2.05) is 0 Å². The molecule has 0 fully saturated rings. The molecule has 0 aromatic heterocycles. The summed E-state index contributed by atoms with van der Waals surface area (Å²) in [5.74, 6) is -1.31. The van der Waals surface area contributed by atoms with Gasteiger partial charge < -0.3 is 9.90 Å². The molecular formula is C19H36O3. The fraction of sp³-hybridized carbons (Fsp3) is 0.895. The van der Waals surface area contributed by atoms with Crippen LogP contribution in [0.1, 0.15) is 104 Å². The maximum Gasteiger partial charge on any atom is 0.306 e. The van der Waals surface area contributed by atoms with Gasteiger partial charge in [-0.1, -0.05) is 84.0 Å². The molecule has 0 heterocycles. The predicted octanol–water partition coefficient (Wildman–Crippen LogP) is 5.76. The van der Waals surface area contributed by atoms with E-state index >= 15 is 0 Å². The Bertz CT molecular complexity index is 286.